The van der Waals surface area contributed by atoms with E-state index in [9.17, 15) is 14.7 Å². The van der Waals surface area contributed by atoms with Gasteiger partial charge in [-0.15, -0.1) is 11.3 Å². The lowest BCUT2D eigenvalue weighted by Crippen LogP contribution is -2.53. The minimum atomic E-state index is -0.654. The molecule has 7 nitrogen and oxygen atoms in total. The number of nitrogens with one attached hydrogen (secondary N) is 1. The number of thiophene rings is 1. The molecule has 1 fully saturated rings. The van der Waals surface area contributed by atoms with Gasteiger partial charge in [-0.3, -0.25) is 14.5 Å². The number of carbonyl (C=O) groups excluding carboxylic acids is 2. The molecule has 0 bridgehead atoms. The number of Topliss-reactive ketones (excluding diaryl/α,β-unsaturated/α-hetero) is 1. The molecule has 1 saturated heterocycles. The molecule has 140 valence electrons. The Bertz CT molecular complexity index is 794. The fraction of sp³-hybridized carbons (Fsp3) is 0.500. The molecule has 3 rings (SSSR count). The van der Waals surface area contributed by atoms with Crippen molar-refractivity contribution < 1.29 is 19.2 Å². The molecule has 2 atom stereocenters. The number of ketones is 1. The van der Waals surface area contributed by atoms with E-state index in [2.05, 4.69) is 15.4 Å². The Hall–Kier alpha value is -2.03. The number of aliphatic hydroxyl groups is 1. The molecule has 8 heteroatoms. The molecule has 1 amide bonds. The van der Waals surface area contributed by atoms with Crippen LogP contribution in [0.5, 0.6) is 0 Å². The first-order valence-corrected chi connectivity index (χ1v) is 9.45. The van der Waals surface area contributed by atoms with Crippen LogP contribution in [0.2, 0.25) is 0 Å². The zero-order chi connectivity index (χ0) is 18.8. The van der Waals surface area contributed by atoms with Crippen LogP contribution >= 0.6 is 11.3 Å². The number of piperidine rings is 1. The molecule has 0 radical (unpaired) electrons. The highest BCUT2D eigenvalue weighted by molar-refractivity contribution is 7.12. The lowest BCUT2D eigenvalue weighted by atomic mass is 10.0. The Morgan fingerprint density at radius 1 is 1.46 bits per heavy atom. The second-order valence-corrected chi connectivity index (χ2v) is 7.64. The Morgan fingerprint density at radius 3 is 2.81 bits per heavy atom. The first-order chi connectivity index (χ1) is 12.3. The van der Waals surface area contributed by atoms with E-state index in [4.69, 9.17) is 4.52 Å². The van der Waals surface area contributed by atoms with Crippen molar-refractivity contribution in [3.8, 4) is 0 Å². The maximum Gasteiger partial charge on any atom is 0.252 e. The highest BCUT2D eigenvalue weighted by Gasteiger charge is 2.30. The number of likely N-dealkylation sites (tertiary alicyclic amines) is 1. The Kier molecular flexibility index (Phi) is 5.55. The summed E-state index contributed by atoms with van der Waals surface area (Å²) in [5.74, 6) is 0.491. The zero-order valence-electron chi connectivity index (χ0n) is 15.1. The van der Waals surface area contributed by atoms with Crippen molar-refractivity contribution in [1.82, 2.24) is 15.4 Å². The van der Waals surface area contributed by atoms with Crippen LogP contribution in [0.1, 0.15) is 50.4 Å². The van der Waals surface area contributed by atoms with E-state index >= 15 is 0 Å². The molecule has 26 heavy (non-hydrogen) atoms. The number of amides is 1. The van der Waals surface area contributed by atoms with E-state index in [-0.39, 0.29) is 17.7 Å². The molecule has 2 aromatic heterocycles. The summed E-state index contributed by atoms with van der Waals surface area (Å²) >= 11 is 1.26. The summed E-state index contributed by atoms with van der Waals surface area (Å²) in [5.41, 5.74) is 2.38. The molecule has 0 aliphatic carbocycles. The molecular weight excluding hydrogens is 354 g/mol. The lowest BCUT2D eigenvalue weighted by molar-refractivity contribution is 0.0348. The molecule has 2 N–H and O–H groups in total. The van der Waals surface area contributed by atoms with Gasteiger partial charge in [0, 0.05) is 30.6 Å². The summed E-state index contributed by atoms with van der Waals surface area (Å²) in [6.45, 7) is 7.17. The van der Waals surface area contributed by atoms with Crippen LogP contribution in [0.4, 0.5) is 0 Å². The summed E-state index contributed by atoms with van der Waals surface area (Å²) in [7, 11) is 0. The van der Waals surface area contributed by atoms with Crippen molar-refractivity contribution in [2.24, 2.45) is 0 Å². The van der Waals surface area contributed by atoms with Crippen LogP contribution in [0.25, 0.3) is 0 Å². The van der Waals surface area contributed by atoms with Crippen molar-refractivity contribution in [2.45, 2.75) is 45.9 Å². The fourth-order valence-corrected chi connectivity index (χ4v) is 3.94. The average Bonchev–Trinajstić information content (AvgIpc) is 3.20. The number of hydrogen-bond acceptors (Lipinski definition) is 7. The molecular formula is C18H23N3O4S. The number of nitrogens with zero attached hydrogens (tertiary/aromatic N) is 2. The van der Waals surface area contributed by atoms with Crippen LogP contribution < -0.4 is 5.32 Å². The highest BCUT2D eigenvalue weighted by Crippen LogP contribution is 2.20. The quantitative estimate of drug-likeness (QED) is 0.773. The van der Waals surface area contributed by atoms with Crippen LogP contribution in [0.3, 0.4) is 0 Å². The number of β-amino-alcohol motifs (C(OH)–C–C–N with tert-alkyl or cyclic N) is 1. The molecule has 0 unspecified atom stereocenters. The fourth-order valence-electron chi connectivity index (χ4n) is 3.15. The number of aliphatic hydroxyl groups excluding tert-OH is 1. The van der Waals surface area contributed by atoms with Crippen LogP contribution in [-0.2, 0) is 6.54 Å². The van der Waals surface area contributed by atoms with Gasteiger partial charge in [-0.25, -0.2) is 0 Å². The number of aromatic nitrogens is 1. The summed E-state index contributed by atoms with van der Waals surface area (Å²) in [6.07, 6.45) is -0.000862. The predicted octanol–water partition coefficient (Wildman–Crippen LogP) is 1.92. The number of carbonyl (C=O) groups is 2. The topological polar surface area (TPSA) is 95.7 Å². The smallest absolute Gasteiger partial charge is 0.252 e. The van der Waals surface area contributed by atoms with E-state index in [1.165, 1.54) is 18.3 Å². The van der Waals surface area contributed by atoms with E-state index in [0.717, 1.165) is 23.6 Å². The number of rotatable bonds is 5. The Labute approximate surface area is 156 Å². The second-order valence-electron chi connectivity index (χ2n) is 6.73. The molecule has 0 saturated carbocycles. The third-order valence-corrected chi connectivity index (χ3v) is 5.79. The average molecular weight is 377 g/mol. The van der Waals surface area contributed by atoms with Gasteiger partial charge in [-0.2, -0.15) is 0 Å². The van der Waals surface area contributed by atoms with Gasteiger partial charge in [0.05, 0.1) is 28.3 Å². The van der Waals surface area contributed by atoms with Gasteiger partial charge < -0.3 is 14.9 Å². The van der Waals surface area contributed by atoms with Crippen LogP contribution in [-0.4, -0.2) is 52.1 Å². The van der Waals surface area contributed by atoms with E-state index in [0.29, 0.717) is 30.0 Å². The second kappa shape index (κ2) is 7.69. The zero-order valence-corrected chi connectivity index (χ0v) is 15.9. The molecule has 2 aromatic rings. The first-order valence-electron chi connectivity index (χ1n) is 8.57. The van der Waals surface area contributed by atoms with Gasteiger partial charge in [-0.05, 0) is 33.3 Å². The third kappa shape index (κ3) is 4.03. The molecule has 3 heterocycles. The van der Waals surface area contributed by atoms with Gasteiger partial charge in [0.1, 0.15) is 5.76 Å². The van der Waals surface area contributed by atoms with Crippen LogP contribution in [0.15, 0.2) is 16.0 Å². The van der Waals surface area contributed by atoms with Crippen LogP contribution in [0, 0.1) is 13.8 Å². The van der Waals surface area contributed by atoms with Gasteiger partial charge in [-0.1, -0.05) is 5.16 Å². The van der Waals surface area contributed by atoms with Crippen molar-refractivity contribution in [1.29, 1.82) is 0 Å². The monoisotopic (exact) mass is 377 g/mol. The molecule has 1 aliphatic rings. The molecule has 0 aromatic carbocycles. The molecule has 0 spiro atoms. The van der Waals surface area contributed by atoms with E-state index < -0.39 is 6.10 Å². The lowest BCUT2D eigenvalue weighted by Gasteiger charge is -2.36. The number of hydrogen-bond donors (Lipinski definition) is 2. The van der Waals surface area contributed by atoms with Gasteiger partial charge in [0.2, 0.25) is 0 Å². The summed E-state index contributed by atoms with van der Waals surface area (Å²) < 4.78 is 5.19. The standard InChI is InChI=1S/C18H23N3O4S/c1-10-14(12(3)25-20-10)7-21-5-4-15(16(23)8-21)19-18(24)13-6-17(11(2)22)26-9-13/h6,9,15-16,23H,4-5,7-8H2,1-3H3,(H,19,24)/t15-,16-/m1/s1. The van der Waals surface area contributed by atoms with Gasteiger partial charge in [0.25, 0.3) is 5.91 Å². The maximum absolute atomic E-state index is 12.4. The van der Waals surface area contributed by atoms with Gasteiger partial charge in [0.15, 0.2) is 5.78 Å². The minimum Gasteiger partial charge on any atom is -0.390 e. The summed E-state index contributed by atoms with van der Waals surface area (Å²) in [4.78, 5) is 26.4. The predicted molar refractivity (Wildman–Crippen MR) is 97.5 cm³/mol. The van der Waals surface area contributed by atoms with Crippen molar-refractivity contribution in [2.75, 3.05) is 13.1 Å². The highest BCUT2D eigenvalue weighted by atomic mass is 32.1. The first kappa shape index (κ1) is 18.8. The number of aryl methyl sites for hydroxylation is 2. The SMILES string of the molecule is CC(=O)c1cc(C(=O)N[C@@H]2CCN(Cc3c(C)noc3C)C[C@H]2O)cs1. The van der Waals surface area contributed by atoms with Crippen molar-refractivity contribution >= 4 is 23.0 Å². The largest absolute Gasteiger partial charge is 0.390 e. The van der Waals surface area contributed by atoms with Crippen molar-refractivity contribution in [3.05, 3.63) is 38.9 Å². The van der Waals surface area contributed by atoms with Crippen molar-refractivity contribution in [3.63, 3.8) is 0 Å². The minimum absolute atomic E-state index is 0.0540. The van der Waals surface area contributed by atoms with Gasteiger partial charge >= 0.3 is 0 Å². The Balaban J connectivity index is 1.56. The third-order valence-electron chi connectivity index (χ3n) is 4.75. The Morgan fingerprint density at radius 2 is 2.23 bits per heavy atom. The normalized spacial score (nSPS) is 20.9. The molecule has 1 aliphatic heterocycles. The summed E-state index contributed by atoms with van der Waals surface area (Å²) in [5, 5.41) is 19.0. The van der Waals surface area contributed by atoms with E-state index in [1.54, 1.807) is 11.4 Å². The summed E-state index contributed by atoms with van der Waals surface area (Å²) in [6, 6.07) is 1.30. The van der Waals surface area contributed by atoms with E-state index in [1.807, 2.05) is 13.8 Å². The maximum atomic E-state index is 12.4.